The van der Waals surface area contributed by atoms with Crippen LogP contribution in [0.1, 0.15) is 10.4 Å². The largest absolute Gasteiger partial charge is 0.438 e. The van der Waals surface area contributed by atoms with Crippen molar-refractivity contribution in [3.8, 4) is 11.6 Å². The van der Waals surface area contributed by atoms with Crippen LogP contribution in [0.5, 0.6) is 11.6 Å². The average molecular weight is 386 g/mol. The van der Waals surface area contributed by atoms with E-state index in [2.05, 4.69) is 32.2 Å². The number of guanidine groups is 1. The average Bonchev–Trinajstić information content (AvgIpc) is 2.75. The Kier molecular flexibility index (Phi) is 6.41. The van der Waals surface area contributed by atoms with Gasteiger partial charge in [0.15, 0.2) is 0 Å². The zero-order valence-electron chi connectivity index (χ0n) is 15.4. The third kappa shape index (κ3) is 5.57. The van der Waals surface area contributed by atoms with Gasteiger partial charge in [-0.3, -0.25) is 15.5 Å². The van der Waals surface area contributed by atoms with Crippen molar-refractivity contribution in [3.05, 3.63) is 85.2 Å². The quantitative estimate of drug-likeness (QED) is 0.439. The van der Waals surface area contributed by atoms with Crippen LogP contribution in [0.2, 0.25) is 0 Å². The lowest BCUT2D eigenvalue weighted by atomic mass is 10.2. The van der Waals surface area contributed by atoms with E-state index in [1.807, 2.05) is 30.3 Å². The molecule has 0 radical (unpaired) electrons. The van der Waals surface area contributed by atoms with Gasteiger partial charge in [-0.25, -0.2) is 15.0 Å². The number of anilines is 2. The highest BCUT2D eigenvalue weighted by Gasteiger charge is 2.15. The molecule has 0 bridgehead atoms. The van der Waals surface area contributed by atoms with Crippen LogP contribution in [0.25, 0.3) is 0 Å². The minimum Gasteiger partial charge on any atom is -0.438 e. The number of carbonyl (C=O) groups is 1. The molecule has 0 unspecified atom stereocenters. The Morgan fingerprint density at radius 1 is 1.07 bits per heavy atom. The lowest BCUT2D eigenvalue weighted by Crippen LogP contribution is -2.28. The van der Waals surface area contributed by atoms with Gasteiger partial charge in [-0.2, -0.15) is 0 Å². The van der Waals surface area contributed by atoms with Gasteiger partial charge in [-0.15, -0.1) is 0 Å². The first-order valence-electron chi connectivity index (χ1n) is 8.61. The predicted molar refractivity (Wildman–Crippen MR) is 112 cm³/mol. The minimum absolute atomic E-state index is 0.121. The Morgan fingerprint density at radius 3 is 2.59 bits per heavy atom. The number of ether oxygens (including phenoxy) is 1. The third-order valence-electron chi connectivity index (χ3n) is 3.56. The van der Waals surface area contributed by atoms with Gasteiger partial charge in [0.2, 0.25) is 11.8 Å². The van der Waals surface area contributed by atoms with E-state index in [1.54, 1.807) is 30.5 Å². The molecule has 0 saturated heterocycles. The normalized spacial score (nSPS) is 10.3. The fourth-order valence-electron chi connectivity index (χ4n) is 2.28. The summed E-state index contributed by atoms with van der Waals surface area (Å²) in [6.07, 6.45) is 5.94. The maximum atomic E-state index is 12.4. The third-order valence-corrected chi connectivity index (χ3v) is 3.56. The Bertz CT molecular complexity index is 1030. The first kappa shape index (κ1) is 19.4. The van der Waals surface area contributed by atoms with Crippen molar-refractivity contribution in [1.29, 1.82) is 5.41 Å². The molecule has 0 aliphatic rings. The lowest BCUT2D eigenvalue weighted by molar-refractivity contribution is 0.0973. The summed E-state index contributed by atoms with van der Waals surface area (Å²) in [6.45, 7) is 3.46. The summed E-state index contributed by atoms with van der Waals surface area (Å²) >= 11 is 0. The first-order valence-corrected chi connectivity index (χ1v) is 8.61. The number of pyridine rings is 2. The fraction of sp³-hybridized carbons (Fsp3) is 0. The van der Waals surface area contributed by atoms with Crippen molar-refractivity contribution < 1.29 is 9.53 Å². The Labute approximate surface area is 167 Å². The standard InChI is InChI=1S/C21H18N6O2/c1-2-12-25-21(22)27-19(28)17-6-5-14-24-20(17)29-16-10-8-15(9-11-16)26-18-7-3-4-13-23-18/h2-14H,1H2,(H,23,26)(H2,22,27,28)/b25-12-. The molecule has 144 valence electrons. The molecule has 1 aromatic carbocycles. The highest BCUT2D eigenvalue weighted by atomic mass is 16.5. The topological polar surface area (TPSA) is 112 Å². The summed E-state index contributed by atoms with van der Waals surface area (Å²) in [6, 6.07) is 15.9. The molecule has 0 fully saturated rings. The van der Waals surface area contributed by atoms with Crippen molar-refractivity contribution in [1.82, 2.24) is 15.3 Å². The van der Waals surface area contributed by atoms with E-state index in [9.17, 15) is 4.79 Å². The van der Waals surface area contributed by atoms with Crippen LogP contribution < -0.4 is 15.4 Å². The van der Waals surface area contributed by atoms with Gasteiger partial charge in [0.05, 0.1) is 0 Å². The zero-order valence-corrected chi connectivity index (χ0v) is 15.4. The molecule has 3 aromatic rings. The van der Waals surface area contributed by atoms with Crippen molar-refractivity contribution in [2.24, 2.45) is 4.99 Å². The van der Waals surface area contributed by atoms with Crippen LogP contribution in [0.4, 0.5) is 11.5 Å². The number of aromatic nitrogens is 2. The maximum Gasteiger partial charge on any atom is 0.263 e. The molecule has 3 rings (SSSR count). The van der Waals surface area contributed by atoms with Gasteiger partial charge in [0, 0.05) is 24.3 Å². The second-order valence-electron chi connectivity index (χ2n) is 5.64. The molecule has 0 saturated carbocycles. The molecule has 0 aliphatic carbocycles. The molecular formula is C21H18N6O2. The Morgan fingerprint density at radius 2 is 1.86 bits per heavy atom. The van der Waals surface area contributed by atoms with Crippen molar-refractivity contribution >= 4 is 29.6 Å². The monoisotopic (exact) mass is 386 g/mol. The van der Waals surface area contributed by atoms with E-state index >= 15 is 0 Å². The molecule has 0 spiro atoms. The molecule has 29 heavy (non-hydrogen) atoms. The smallest absolute Gasteiger partial charge is 0.263 e. The number of nitrogens with zero attached hydrogens (tertiary/aromatic N) is 3. The van der Waals surface area contributed by atoms with Crippen molar-refractivity contribution in [2.75, 3.05) is 5.32 Å². The van der Waals surface area contributed by atoms with Gasteiger partial charge >= 0.3 is 0 Å². The van der Waals surface area contributed by atoms with Gasteiger partial charge < -0.3 is 10.1 Å². The van der Waals surface area contributed by atoms with Crippen LogP contribution in [0.15, 0.2) is 84.6 Å². The molecule has 2 aromatic heterocycles. The number of allylic oxidation sites excluding steroid dienone is 1. The van der Waals surface area contributed by atoms with Crippen molar-refractivity contribution in [2.45, 2.75) is 0 Å². The van der Waals surface area contributed by atoms with Crippen LogP contribution in [0, 0.1) is 5.41 Å². The second kappa shape index (κ2) is 9.56. The van der Waals surface area contributed by atoms with Crippen LogP contribution in [-0.4, -0.2) is 28.0 Å². The number of rotatable bonds is 6. The lowest BCUT2D eigenvalue weighted by Gasteiger charge is -2.10. The molecule has 2 heterocycles. The van der Waals surface area contributed by atoms with E-state index < -0.39 is 5.91 Å². The SMILES string of the molecule is C=C/C=N\C(=N)NC(=O)c1cccnc1Oc1ccc(Nc2ccccn2)cc1. The highest BCUT2D eigenvalue weighted by Crippen LogP contribution is 2.25. The summed E-state index contributed by atoms with van der Waals surface area (Å²) in [4.78, 5) is 24.4. The summed E-state index contributed by atoms with van der Waals surface area (Å²) in [5.41, 5.74) is 1.02. The summed E-state index contributed by atoms with van der Waals surface area (Å²) in [5.74, 6) is 0.494. The molecule has 8 nitrogen and oxygen atoms in total. The maximum absolute atomic E-state index is 12.4. The van der Waals surface area contributed by atoms with E-state index in [1.165, 1.54) is 18.5 Å². The summed E-state index contributed by atoms with van der Waals surface area (Å²) in [5, 5.41) is 13.2. The van der Waals surface area contributed by atoms with E-state index in [4.69, 9.17) is 10.1 Å². The highest BCUT2D eigenvalue weighted by molar-refractivity contribution is 6.07. The first-order chi connectivity index (χ1) is 14.2. The van der Waals surface area contributed by atoms with Gasteiger partial charge in [-0.1, -0.05) is 18.7 Å². The Balaban J connectivity index is 1.70. The number of carbonyl (C=O) groups excluding carboxylic acids is 1. The van der Waals surface area contributed by atoms with Crippen LogP contribution in [-0.2, 0) is 0 Å². The number of hydrogen-bond acceptors (Lipinski definition) is 6. The van der Waals surface area contributed by atoms with Crippen LogP contribution in [0.3, 0.4) is 0 Å². The molecule has 3 N–H and O–H groups in total. The molecule has 0 aliphatic heterocycles. The van der Waals surface area contributed by atoms with E-state index in [0.29, 0.717) is 5.75 Å². The zero-order chi connectivity index (χ0) is 20.5. The number of hydrogen-bond donors (Lipinski definition) is 3. The Hall–Kier alpha value is -4.33. The minimum atomic E-state index is -0.548. The fourth-order valence-corrected chi connectivity index (χ4v) is 2.28. The number of nitrogens with one attached hydrogen (secondary N) is 3. The molecule has 1 amide bonds. The van der Waals surface area contributed by atoms with Gasteiger partial charge in [0.1, 0.15) is 17.1 Å². The number of aliphatic imine (C=N–C) groups is 1. The number of benzene rings is 1. The molecular weight excluding hydrogens is 368 g/mol. The second-order valence-corrected chi connectivity index (χ2v) is 5.64. The summed E-state index contributed by atoms with van der Waals surface area (Å²) < 4.78 is 5.76. The van der Waals surface area contributed by atoms with Gasteiger partial charge in [-0.05, 0) is 48.5 Å². The predicted octanol–water partition coefficient (Wildman–Crippen LogP) is 3.93. The van der Waals surface area contributed by atoms with E-state index in [0.717, 1.165) is 11.5 Å². The summed E-state index contributed by atoms with van der Waals surface area (Å²) in [7, 11) is 0. The molecule has 8 heteroatoms. The molecule has 0 atom stereocenters. The van der Waals surface area contributed by atoms with Gasteiger partial charge in [0.25, 0.3) is 5.91 Å². The van der Waals surface area contributed by atoms with Crippen molar-refractivity contribution in [3.63, 3.8) is 0 Å². The van der Waals surface area contributed by atoms with Crippen LogP contribution >= 0.6 is 0 Å². The number of amides is 1. The van der Waals surface area contributed by atoms with E-state index in [-0.39, 0.29) is 17.4 Å².